The molecule has 8 nitrogen and oxygen atoms in total. The normalized spacial score (nSPS) is 15.2. The summed E-state index contributed by atoms with van der Waals surface area (Å²) in [6, 6.07) is 12.9. The molecule has 0 fully saturated rings. The molecule has 170 valence electrons. The van der Waals surface area contributed by atoms with Crippen LogP contribution in [0.1, 0.15) is 17.3 Å². The van der Waals surface area contributed by atoms with Gasteiger partial charge in [-0.3, -0.25) is 14.6 Å². The zero-order chi connectivity index (χ0) is 23.4. The molecule has 9 heteroatoms. The molecule has 3 heterocycles. The van der Waals surface area contributed by atoms with Crippen molar-refractivity contribution in [1.82, 2.24) is 15.0 Å². The molecule has 1 unspecified atom stereocenters. The standard InChI is InChI=1S/C24H24N4O4S/c1-31-23(29)20(24(30)32-2)21-17-14-26-22(19-6-4-5-12-25-19)27-18(17)11-13-28(21)15-7-9-16(33-3)10-8-15/h4-10,12,14,20-21H,11,13H2,1-3H3. The third kappa shape index (κ3) is 4.54. The highest BCUT2D eigenvalue weighted by atomic mass is 32.2. The van der Waals surface area contributed by atoms with Gasteiger partial charge in [-0.05, 0) is 42.7 Å². The number of esters is 2. The number of aromatic nitrogens is 3. The van der Waals surface area contributed by atoms with E-state index in [0.717, 1.165) is 16.3 Å². The molecule has 0 amide bonds. The maximum absolute atomic E-state index is 12.8. The Bertz CT molecular complexity index is 1120. The van der Waals surface area contributed by atoms with Crippen molar-refractivity contribution < 1.29 is 19.1 Å². The van der Waals surface area contributed by atoms with Crippen LogP contribution in [0.25, 0.3) is 11.5 Å². The first-order chi connectivity index (χ1) is 16.1. The molecule has 4 rings (SSSR count). The number of nitrogens with zero attached hydrogens (tertiary/aromatic N) is 4. The maximum Gasteiger partial charge on any atom is 0.322 e. The van der Waals surface area contributed by atoms with E-state index >= 15 is 0 Å². The van der Waals surface area contributed by atoms with E-state index in [4.69, 9.17) is 14.5 Å². The Labute approximate surface area is 196 Å². The first-order valence-corrected chi connectivity index (χ1v) is 11.6. The van der Waals surface area contributed by atoms with Crippen molar-refractivity contribution in [3.63, 3.8) is 0 Å². The lowest BCUT2D eigenvalue weighted by atomic mass is 9.87. The minimum atomic E-state index is -1.19. The summed E-state index contributed by atoms with van der Waals surface area (Å²) in [6.45, 7) is 0.555. The van der Waals surface area contributed by atoms with E-state index in [1.165, 1.54) is 14.2 Å². The fourth-order valence-corrected chi connectivity index (χ4v) is 4.46. The average molecular weight is 465 g/mol. The molecule has 2 aromatic heterocycles. The van der Waals surface area contributed by atoms with Crippen LogP contribution in [0.15, 0.2) is 59.8 Å². The van der Waals surface area contributed by atoms with Crippen LogP contribution in [0.4, 0.5) is 5.69 Å². The third-order valence-corrected chi connectivity index (χ3v) is 6.41. The molecule has 0 aliphatic carbocycles. The van der Waals surface area contributed by atoms with Gasteiger partial charge in [-0.2, -0.15) is 0 Å². The Kier molecular flexibility index (Phi) is 6.88. The Hall–Kier alpha value is -3.46. The Balaban J connectivity index is 1.83. The van der Waals surface area contributed by atoms with Crippen LogP contribution in [0.3, 0.4) is 0 Å². The summed E-state index contributed by atoms with van der Waals surface area (Å²) in [7, 11) is 2.53. The Morgan fingerprint density at radius 2 is 1.79 bits per heavy atom. The van der Waals surface area contributed by atoms with Gasteiger partial charge >= 0.3 is 11.9 Å². The number of thioether (sulfide) groups is 1. The van der Waals surface area contributed by atoms with Crippen molar-refractivity contribution in [3.8, 4) is 11.5 Å². The van der Waals surface area contributed by atoms with Crippen molar-refractivity contribution in [2.45, 2.75) is 17.4 Å². The molecular weight excluding hydrogens is 440 g/mol. The smallest absolute Gasteiger partial charge is 0.322 e. The van der Waals surface area contributed by atoms with Crippen molar-refractivity contribution >= 4 is 29.4 Å². The zero-order valence-electron chi connectivity index (χ0n) is 18.6. The number of pyridine rings is 1. The van der Waals surface area contributed by atoms with Gasteiger partial charge in [0.05, 0.1) is 26.0 Å². The number of carbonyl (C=O) groups excluding carboxylic acids is 2. The number of hydrogen-bond donors (Lipinski definition) is 0. The van der Waals surface area contributed by atoms with Crippen LogP contribution >= 0.6 is 11.8 Å². The second kappa shape index (κ2) is 9.99. The van der Waals surface area contributed by atoms with Crippen LogP contribution in [0, 0.1) is 5.92 Å². The summed E-state index contributed by atoms with van der Waals surface area (Å²) < 4.78 is 9.99. The monoisotopic (exact) mass is 464 g/mol. The summed E-state index contributed by atoms with van der Waals surface area (Å²) in [5.41, 5.74) is 3.00. The van der Waals surface area contributed by atoms with Crippen LogP contribution < -0.4 is 4.90 Å². The molecule has 1 aromatic carbocycles. The molecule has 1 aliphatic rings. The van der Waals surface area contributed by atoms with E-state index in [0.29, 0.717) is 30.0 Å². The summed E-state index contributed by atoms with van der Waals surface area (Å²) in [5.74, 6) is -2.03. The molecule has 1 atom stereocenters. The minimum Gasteiger partial charge on any atom is -0.468 e. The molecule has 0 radical (unpaired) electrons. The first kappa shape index (κ1) is 22.7. The molecule has 0 bridgehead atoms. The predicted molar refractivity (Wildman–Crippen MR) is 125 cm³/mol. The fourth-order valence-electron chi connectivity index (χ4n) is 4.06. The maximum atomic E-state index is 12.8. The number of carbonyl (C=O) groups is 2. The summed E-state index contributed by atoms with van der Waals surface area (Å²) in [6.07, 6.45) is 5.99. The number of fused-ring (bicyclic) bond motifs is 1. The molecule has 33 heavy (non-hydrogen) atoms. The van der Waals surface area contributed by atoms with Gasteiger partial charge in [-0.15, -0.1) is 11.8 Å². The molecule has 0 saturated carbocycles. The van der Waals surface area contributed by atoms with Crippen molar-refractivity contribution in [2.75, 3.05) is 31.9 Å². The van der Waals surface area contributed by atoms with Crippen molar-refractivity contribution in [3.05, 3.63) is 66.1 Å². The number of hydrogen-bond acceptors (Lipinski definition) is 9. The van der Waals surface area contributed by atoms with Gasteiger partial charge in [-0.1, -0.05) is 6.07 Å². The van der Waals surface area contributed by atoms with E-state index in [1.807, 2.05) is 53.6 Å². The lowest BCUT2D eigenvalue weighted by Gasteiger charge is -2.40. The zero-order valence-corrected chi connectivity index (χ0v) is 19.4. The van der Waals surface area contributed by atoms with Crippen LogP contribution in [-0.2, 0) is 25.5 Å². The Morgan fingerprint density at radius 3 is 2.39 bits per heavy atom. The summed E-state index contributed by atoms with van der Waals surface area (Å²) in [5, 5.41) is 0. The molecule has 0 N–H and O–H groups in total. The van der Waals surface area contributed by atoms with Crippen molar-refractivity contribution in [2.24, 2.45) is 5.92 Å². The average Bonchev–Trinajstić information content (AvgIpc) is 2.88. The number of benzene rings is 1. The van der Waals surface area contributed by atoms with Gasteiger partial charge in [0.25, 0.3) is 0 Å². The Morgan fingerprint density at radius 1 is 1.06 bits per heavy atom. The number of rotatable bonds is 6. The quantitative estimate of drug-likeness (QED) is 0.309. The molecular formula is C24H24N4O4S. The number of ether oxygens (including phenoxy) is 2. The van der Waals surface area contributed by atoms with Gasteiger partial charge in [-0.25, -0.2) is 9.97 Å². The van der Waals surface area contributed by atoms with Gasteiger partial charge in [0.15, 0.2) is 11.7 Å². The van der Waals surface area contributed by atoms with Crippen LogP contribution in [0.2, 0.25) is 0 Å². The van der Waals surface area contributed by atoms with Crippen molar-refractivity contribution in [1.29, 1.82) is 0 Å². The lowest BCUT2D eigenvalue weighted by Crippen LogP contribution is -2.46. The lowest BCUT2D eigenvalue weighted by molar-refractivity contribution is -0.160. The summed E-state index contributed by atoms with van der Waals surface area (Å²) in [4.78, 5) is 42.3. The third-order valence-electron chi connectivity index (χ3n) is 5.67. The highest BCUT2D eigenvalue weighted by Crippen LogP contribution is 2.39. The van der Waals surface area contributed by atoms with E-state index in [-0.39, 0.29) is 0 Å². The number of anilines is 1. The fraction of sp³-hybridized carbons (Fsp3) is 0.292. The first-order valence-electron chi connectivity index (χ1n) is 10.4. The SMILES string of the molecule is COC(=O)C(C(=O)OC)C1c2cnc(-c3ccccn3)nc2CCN1c1ccc(SC)cc1. The minimum absolute atomic E-state index is 0.499. The molecule has 3 aromatic rings. The largest absolute Gasteiger partial charge is 0.468 e. The highest BCUT2D eigenvalue weighted by Gasteiger charge is 2.44. The van der Waals surface area contributed by atoms with Crippen LogP contribution in [0.5, 0.6) is 0 Å². The summed E-state index contributed by atoms with van der Waals surface area (Å²) >= 11 is 1.64. The van der Waals surface area contributed by atoms with E-state index in [1.54, 1.807) is 24.2 Å². The topological polar surface area (TPSA) is 94.5 Å². The number of methoxy groups -OCH3 is 2. The van der Waals surface area contributed by atoms with E-state index < -0.39 is 23.9 Å². The van der Waals surface area contributed by atoms with Gasteiger partial charge in [0, 0.05) is 41.5 Å². The molecule has 0 saturated heterocycles. The molecule has 1 aliphatic heterocycles. The predicted octanol–water partition coefficient (Wildman–Crippen LogP) is 3.33. The molecule has 0 spiro atoms. The highest BCUT2D eigenvalue weighted by molar-refractivity contribution is 7.98. The second-order valence-electron chi connectivity index (χ2n) is 7.42. The van der Waals surface area contributed by atoms with E-state index in [2.05, 4.69) is 9.97 Å². The van der Waals surface area contributed by atoms with Gasteiger partial charge < -0.3 is 14.4 Å². The van der Waals surface area contributed by atoms with Crippen LogP contribution in [-0.4, -0.2) is 53.9 Å². The second-order valence-corrected chi connectivity index (χ2v) is 8.30. The van der Waals surface area contributed by atoms with Gasteiger partial charge in [0.1, 0.15) is 5.69 Å². The van der Waals surface area contributed by atoms with Gasteiger partial charge in [0.2, 0.25) is 0 Å². The van der Waals surface area contributed by atoms with E-state index in [9.17, 15) is 9.59 Å².